The largest absolute Gasteiger partial charge is 0.391 e. The number of likely N-dealkylation sites (tertiary alicyclic amines) is 1. The quantitative estimate of drug-likeness (QED) is 0.397. The third-order valence-corrected chi connectivity index (χ3v) is 7.55. The van der Waals surface area contributed by atoms with E-state index in [1.54, 1.807) is 6.92 Å². The van der Waals surface area contributed by atoms with Crippen molar-refractivity contribution in [3.05, 3.63) is 57.3 Å². The van der Waals surface area contributed by atoms with Crippen LogP contribution in [0.2, 0.25) is 0 Å². The molecule has 1 aromatic carbocycles. The fourth-order valence-electron chi connectivity index (χ4n) is 5.54. The van der Waals surface area contributed by atoms with E-state index in [9.17, 15) is 24.6 Å². The SMILES string of the molecule is CC(C)c1nc2ccccc2n1CC(=O)N1C[C@@H](O)C[C@@](C)(O)[C@H](n2cnc3c2c(=O)n(C)c(=O)n3C)C1. The van der Waals surface area contributed by atoms with E-state index in [1.807, 2.05) is 42.7 Å². The molecule has 3 aromatic heterocycles. The molecule has 0 unspecified atom stereocenters. The number of hydrogen-bond acceptors (Lipinski definition) is 7. The monoisotopic (exact) mass is 523 g/mol. The van der Waals surface area contributed by atoms with Crippen LogP contribution in [-0.4, -0.2) is 74.1 Å². The van der Waals surface area contributed by atoms with E-state index < -0.39 is 29.0 Å². The number of imidazole rings is 2. The smallest absolute Gasteiger partial charge is 0.332 e. The second kappa shape index (κ2) is 9.21. The second-order valence-electron chi connectivity index (χ2n) is 10.8. The number of para-hydroxylation sites is 2. The second-order valence-corrected chi connectivity index (χ2v) is 10.8. The molecule has 202 valence electrons. The number of aromatic nitrogens is 6. The maximum absolute atomic E-state index is 13.7. The normalized spacial score (nSPS) is 22.5. The van der Waals surface area contributed by atoms with Gasteiger partial charge in [-0.2, -0.15) is 0 Å². The topological polar surface area (TPSA) is 140 Å². The van der Waals surface area contributed by atoms with Crippen LogP contribution in [0.3, 0.4) is 0 Å². The van der Waals surface area contributed by atoms with E-state index in [0.717, 1.165) is 21.4 Å². The lowest BCUT2D eigenvalue weighted by Crippen LogP contribution is -2.44. The Kier molecular flexibility index (Phi) is 6.27. The maximum Gasteiger partial charge on any atom is 0.332 e. The summed E-state index contributed by atoms with van der Waals surface area (Å²) >= 11 is 0. The van der Waals surface area contributed by atoms with Crippen LogP contribution in [0.5, 0.6) is 0 Å². The highest BCUT2D eigenvalue weighted by molar-refractivity contribution is 5.81. The molecule has 4 heterocycles. The summed E-state index contributed by atoms with van der Waals surface area (Å²) in [4.78, 5) is 49.8. The predicted molar refractivity (Wildman–Crippen MR) is 141 cm³/mol. The van der Waals surface area contributed by atoms with Gasteiger partial charge < -0.3 is 24.2 Å². The fourth-order valence-corrected chi connectivity index (χ4v) is 5.54. The van der Waals surface area contributed by atoms with Crippen molar-refractivity contribution in [1.29, 1.82) is 0 Å². The number of aliphatic hydroxyl groups excluding tert-OH is 1. The zero-order valence-corrected chi connectivity index (χ0v) is 22.2. The summed E-state index contributed by atoms with van der Waals surface area (Å²) in [6.45, 7) is 5.68. The molecule has 3 atom stereocenters. The Labute approximate surface area is 218 Å². The van der Waals surface area contributed by atoms with Crippen LogP contribution in [0.25, 0.3) is 22.2 Å². The number of rotatable bonds is 4. The molecule has 2 N–H and O–H groups in total. The van der Waals surface area contributed by atoms with Crippen LogP contribution >= 0.6 is 0 Å². The molecular weight excluding hydrogens is 490 g/mol. The van der Waals surface area contributed by atoms with Crippen LogP contribution in [0, 0.1) is 0 Å². The summed E-state index contributed by atoms with van der Waals surface area (Å²) < 4.78 is 5.68. The third-order valence-electron chi connectivity index (χ3n) is 7.55. The Hall–Kier alpha value is -3.77. The van der Waals surface area contributed by atoms with Crippen LogP contribution in [0.1, 0.15) is 45.0 Å². The predicted octanol–water partition coefficient (Wildman–Crippen LogP) is 0.492. The number of hydrogen-bond donors (Lipinski definition) is 2. The van der Waals surface area contributed by atoms with E-state index in [2.05, 4.69) is 4.98 Å². The highest BCUT2D eigenvalue weighted by Gasteiger charge is 2.42. The van der Waals surface area contributed by atoms with Crippen LogP contribution in [0.4, 0.5) is 0 Å². The molecule has 1 aliphatic heterocycles. The van der Waals surface area contributed by atoms with Crippen LogP contribution in [0.15, 0.2) is 40.2 Å². The van der Waals surface area contributed by atoms with Gasteiger partial charge in [-0.1, -0.05) is 26.0 Å². The molecule has 0 saturated carbocycles. The first-order valence-corrected chi connectivity index (χ1v) is 12.7. The van der Waals surface area contributed by atoms with Crippen LogP contribution < -0.4 is 11.2 Å². The number of carbonyl (C=O) groups excluding carboxylic acids is 1. The zero-order chi connectivity index (χ0) is 27.5. The molecule has 12 heteroatoms. The summed E-state index contributed by atoms with van der Waals surface area (Å²) in [5.74, 6) is 0.614. The lowest BCUT2D eigenvalue weighted by Gasteiger charge is -2.34. The van der Waals surface area contributed by atoms with E-state index in [0.29, 0.717) is 0 Å². The lowest BCUT2D eigenvalue weighted by atomic mass is 9.91. The van der Waals surface area contributed by atoms with E-state index in [-0.39, 0.29) is 49.0 Å². The summed E-state index contributed by atoms with van der Waals surface area (Å²) in [5.41, 5.74) is -0.575. The lowest BCUT2D eigenvalue weighted by molar-refractivity contribution is -0.133. The highest BCUT2D eigenvalue weighted by Crippen LogP contribution is 2.33. The van der Waals surface area contributed by atoms with Crippen molar-refractivity contribution in [2.45, 2.75) is 57.4 Å². The van der Waals surface area contributed by atoms with Gasteiger partial charge in [-0.25, -0.2) is 14.8 Å². The van der Waals surface area contributed by atoms with Gasteiger partial charge in [0.1, 0.15) is 12.4 Å². The van der Waals surface area contributed by atoms with E-state index in [1.165, 1.54) is 34.5 Å². The molecule has 1 aliphatic rings. The Morgan fingerprint density at radius 2 is 1.87 bits per heavy atom. The van der Waals surface area contributed by atoms with Gasteiger partial charge in [-0.15, -0.1) is 0 Å². The first-order chi connectivity index (χ1) is 17.9. The van der Waals surface area contributed by atoms with Crippen molar-refractivity contribution < 1.29 is 15.0 Å². The van der Waals surface area contributed by atoms with Crippen molar-refractivity contribution in [2.75, 3.05) is 13.1 Å². The van der Waals surface area contributed by atoms with Gasteiger partial charge in [-0.05, 0) is 19.1 Å². The van der Waals surface area contributed by atoms with Crippen LogP contribution in [-0.2, 0) is 25.4 Å². The Morgan fingerprint density at radius 3 is 2.58 bits per heavy atom. The molecule has 5 rings (SSSR count). The van der Waals surface area contributed by atoms with Gasteiger partial charge in [0, 0.05) is 39.5 Å². The van der Waals surface area contributed by atoms with Crippen molar-refractivity contribution in [2.24, 2.45) is 14.1 Å². The minimum atomic E-state index is -1.48. The third kappa shape index (κ3) is 4.13. The molecule has 0 radical (unpaired) electrons. The minimum absolute atomic E-state index is 0.0105. The number of aryl methyl sites for hydroxylation is 1. The summed E-state index contributed by atoms with van der Waals surface area (Å²) in [5, 5.41) is 22.3. The summed E-state index contributed by atoms with van der Waals surface area (Å²) in [6.07, 6.45) is 0.411. The Morgan fingerprint density at radius 1 is 1.16 bits per heavy atom. The number of nitrogens with zero attached hydrogens (tertiary/aromatic N) is 7. The molecule has 1 amide bonds. The summed E-state index contributed by atoms with van der Waals surface area (Å²) in [7, 11) is 2.90. The van der Waals surface area contributed by atoms with E-state index in [4.69, 9.17) is 4.98 Å². The number of aliphatic hydroxyl groups is 2. The van der Waals surface area contributed by atoms with Crippen molar-refractivity contribution >= 4 is 28.1 Å². The van der Waals surface area contributed by atoms with Gasteiger partial charge in [0.25, 0.3) is 5.56 Å². The average Bonchev–Trinajstić information content (AvgIpc) is 3.42. The van der Waals surface area contributed by atoms with Gasteiger partial charge >= 0.3 is 5.69 Å². The zero-order valence-electron chi connectivity index (χ0n) is 22.2. The molecule has 0 aliphatic carbocycles. The van der Waals surface area contributed by atoms with Gasteiger partial charge in [0.15, 0.2) is 11.2 Å². The molecule has 12 nitrogen and oxygen atoms in total. The van der Waals surface area contributed by atoms with Crippen molar-refractivity contribution in [1.82, 2.24) is 33.1 Å². The average molecular weight is 524 g/mol. The number of fused-ring (bicyclic) bond motifs is 2. The van der Waals surface area contributed by atoms with Gasteiger partial charge in [0.05, 0.1) is 35.1 Å². The number of benzene rings is 1. The Bertz CT molecular complexity index is 1660. The van der Waals surface area contributed by atoms with Gasteiger partial charge in [0.2, 0.25) is 5.91 Å². The molecule has 38 heavy (non-hydrogen) atoms. The fraction of sp³-hybridized carbons (Fsp3) is 0.500. The van der Waals surface area contributed by atoms with Crippen molar-refractivity contribution in [3.63, 3.8) is 0 Å². The first kappa shape index (κ1) is 25.9. The number of amides is 1. The number of β-amino-alcohol motifs (C(OH)–C–C–N with tert-alkyl or cyclic N) is 1. The molecule has 4 aromatic rings. The van der Waals surface area contributed by atoms with Gasteiger partial charge in [-0.3, -0.25) is 18.7 Å². The molecular formula is C26H33N7O5. The van der Waals surface area contributed by atoms with E-state index >= 15 is 0 Å². The maximum atomic E-state index is 13.7. The summed E-state index contributed by atoms with van der Waals surface area (Å²) in [6, 6.07) is 6.82. The molecule has 0 spiro atoms. The molecule has 1 saturated heterocycles. The highest BCUT2D eigenvalue weighted by atomic mass is 16.3. The molecule has 0 bridgehead atoms. The number of carbonyl (C=O) groups is 1. The van der Waals surface area contributed by atoms with Crippen molar-refractivity contribution in [3.8, 4) is 0 Å². The standard InChI is InChI=1S/C26H33N7O5/c1-15(2)22-28-17-8-6-7-9-18(17)32(22)13-20(35)31-11-16(34)10-26(3,38)19(12-31)33-14-27-23-21(33)24(36)30(5)25(37)29(23)4/h6-9,14-16,19,34,38H,10-13H2,1-5H3/t16-,19+,26+/m0/s1. The minimum Gasteiger partial charge on any atom is -0.391 e. The Balaban J connectivity index is 1.56. The molecule has 1 fully saturated rings. The first-order valence-electron chi connectivity index (χ1n) is 12.7.